The van der Waals surface area contributed by atoms with E-state index in [0.29, 0.717) is 6.54 Å². The lowest BCUT2D eigenvalue weighted by atomic mass is 9.85. The molecule has 0 bridgehead atoms. The fourth-order valence-electron chi connectivity index (χ4n) is 2.15. The van der Waals surface area contributed by atoms with Gasteiger partial charge in [0.25, 0.3) is 0 Å². The van der Waals surface area contributed by atoms with Gasteiger partial charge in [0.1, 0.15) is 0 Å². The van der Waals surface area contributed by atoms with Crippen molar-refractivity contribution in [2.75, 3.05) is 20.1 Å². The predicted octanol–water partition coefficient (Wildman–Crippen LogP) is 3.36. The van der Waals surface area contributed by atoms with Crippen molar-refractivity contribution in [3.8, 4) is 0 Å². The third-order valence-electron chi connectivity index (χ3n) is 3.37. The summed E-state index contributed by atoms with van der Waals surface area (Å²) in [4.78, 5) is 14.1. The van der Waals surface area contributed by atoms with E-state index in [9.17, 15) is 4.79 Å². The highest BCUT2D eigenvalue weighted by Crippen LogP contribution is 2.26. The molecule has 0 saturated heterocycles. The second-order valence-corrected chi connectivity index (χ2v) is 5.84. The molecule has 0 atom stereocenters. The standard InChI is InChI=1S/C14H18BrNO/c1-16(9-11-3-2-4-11)10-14(17)12-5-7-13(15)8-6-12/h5-8,11H,2-4,9-10H2,1H3. The largest absolute Gasteiger partial charge is 0.299 e. The molecule has 0 radical (unpaired) electrons. The van der Waals surface area contributed by atoms with Crippen molar-refractivity contribution < 1.29 is 4.79 Å². The highest BCUT2D eigenvalue weighted by atomic mass is 79.9. The van der Waals surface area contributed by atoms with Gasteiger partial charge in [-0.25, -0.2) is 0 Å². The Labute approximate surface area is 111 Å². The minimum absolute atomic E-state index is 0.208. The topological polar surface area (TPSA) is 20.3 Å². The van der Waals surface area contributed by atoms with Gasteiger partial charge in [0.2, 0.25) is 0 Å². The number of ketones is 1. The summed E-state index contributed by atoms with van der Waals surface area (Å²) in [5.74, 6) is 1.03. The quantitative estimate of drug-likeness (QED) is 0.777. The van der Waals surface area contributed by atoms with Crippen LogP contribution in [0.2, 0.25) is 0 Å². The van der Waals surface area contributed by atoms with Gasteiger partial charge in [0, 0.05) is 16.6 Å². The zero-order valence-electron chi connectivity index (χ0n) is 10.2. The second kappa shape index (κ2) is 5.78. The number of likely N-dealkylation sites (N-methyl/N-ethyl adjacent to an activating group) is 1. The summed E-state index contributed by atoms with van der Waals surface area (Å²) in [6.45, 7) is 1.58. The first-order chi connectivity index (χ1) is 8.15. The second-order valence-electron chi connectivity index (χ2n) is 4.92. The Balaban J connectivity index is 1.85. The molecule has 1 aromatic rings. The van der Waals surface area contributed by atoms with Crippen LogP contribution in [0.25, 0.3) is 0 Å². The molecule has 0 unspecified atom stereocenters. The summed E-state index contributed by atoms with van der Waals surface area (Å²) in [7, 11) is 2.04. The maximum atomic E-state index is 12.0. The van der Waals surface area contributed by atoms with Crippen molar-refractivity contribution in [1.82, 2.24) is 4.90 Å². The Bertz CT molecular complexity index is 384. The van der Waals surface area contributed by atoms with E-state index in [1.165, 1.54) is 19.3 Å². The molecular weight excluding hydrogens is 278 g/mol. The molecule has 1 fully saturated rings. The van der Waals surface area contributed by atoms with Gasteiger partial charge in [0.15, 0.2) is 5.78 Å². The first-order valence-electron chi connectivity index (χ1n) is 6.12. The van der Waals surface area contributed by atoms with Gasteiger partial charge in [-0.2, -0.15) is 0 Å². The predicted molar refractivity (Wildman–Crippen MR) is 73.3 cm³/mol. The lowest BCUT2D eigenvalue weighted by molar-refractivity contribution is 0.0925. The number of hydrogen-bond donors (Lipinski definition) is 0. The summed E-state index contributed by atoms with van der Waals surface area (Å²) < 4.78 is 1.01. The van der Waals surface area contributed by atoms with E-state index in [1.54, 1.807) is 0 Å². The third kappa shape index (κ3) is 3.65. The van der Waals surface area contributed by atoms with Crippen molar-refractivity contribution in [2.24, 2.45) is 5.92 Å². The van der Waals surface area contributed by atoms with Crippen LogP contribution in [-0.4, -0.2) is 30.8 Å². The molecule has 2 rings (SSSR count). The van der Waals surface area contributed by atoms with Crippen LogP contribution in [0.4, 0.5) is 0 Å². The number of Topliss-reactive ketones (excluding diaryl/α,β-unsaturated/α-hetero) is 1. The first-order valence-corrected chi connectivity index (χ1v) is 6.92. The Hall–Kier alpha value is -0.670. The zero-order chi connectivity index (χ0) is 12.3. The van der Waals surface area contributed by atoms with E-state index in [0.717, 1.165) is 22.5 Å². The van der Waals surface area contributed by atoms with Crippen LogP contribution in [-0.2, 0) is 0 Å². The highest BCUT2D eigenvalue weighted by Gasteiger charge is 2.20. The number of hydrogen-bond acceptors (Lipinski definition) is 2. The summed E-state index contributed by atoms with van der Waals surface area (Å²) in [5, 5.41) is 0. The number of carbonyl (C=O) groups is 1. The van der Waals surface area contributed by atoms with Gasteiger partial charge >= 0.3 is 0 Å². The van der Waals surface area contributed by atoms with E-state index >= 15 is 0 Å². The van der Waals surface area contributed by atoms with Crippen molar-refractivity contribution in [3.63, 3.8) is 0 Å². The highest BCUT2D eigenvalue weighted by molar-refractivity contribution is 9.10. The average molecular weight is 296 g/mol. The van der Waals surface area contributed by atoms with Crippen LogP contribution in [0, 0.1) is 5.92 Å². The zero-order valence-corrected chi connectivity index (χ0v) is 11.7. The third-order valence-corrected chi connectivity index (χ3v) is 3.90. The molecular formula is C14H18BrNO. The summed E-state index contributed by atoms with van der Waals surface area (Å²) in [6.07, 6.45) is 4.02. The Morgan fingerprint density at radius 1 is 1.35 bits per heavy atom. The van der Waals surface area contributed by atoms with E-state index in [-0.39, 0.29) is 5.78 Å². The Kier molecular flexibility index (Phi) is 4.35. The van der Waals surface area contributed by atoms with Gasteiger partial charge < -0.3 is 0 Å². The molecule has 0 aliphatic heterocycles. The fourth-order valence-corrected chi connectivity index (χ4v) is 2.42. The smallest absolute Gasteiger partial charge is 0.176 e. The lowest BCUT2D eigenvalue weighted by Crippen LogP contribution is -2.33. The summed E-state index contributed by atoms with van der Waals surface area (Å²) in [5.41, 5.74) is 0.800. The Morgan fingerprint density at radius 3 is 2.53 bits per heavy atom. The number of halogens is 1. The van der Waals surface area contributed by atoms with Crippen LogP contribution < -0.4 is 0 Å². The molecule has 1 saturated carbocycles. The van der Waals surface area contributed by atoms with Crippen molar-refractivity contribution in [3.05, 3.63) is 34.3 Å². The lowest BCUT2D eigenvalue weighted by Gasteiger charge is -2.29. The molecule has 0 spiro atoms. The van der Waals surface area contributed by atoms with Crippen LogP contribution in [0.15, 0.2) is 28.7 Å². The maximum Gasteiger partial charge on any atom is 0.176 e. The minimum Gasteiger partial charge on any atom is -0.299 e. The van der Waals surface area contributed by atoms with E-state index < -0.39 is 0 Å². The fraction of sp³-hybridized carbons (Fsp3) is 0.500. The molecule has 0 aromatic heterocycles. The van der Waals surface area contributed by atoms with Crippen LogP contribution in [0.1, 0.15) is 29.6 Å². The van der Waals surface area contributed by atoms with Gasteiger partial charge in [-0.1, -0.05) is 34.5 Å². The monoisotopic (exact) mass is 295 g/mol. The van der Waals surface area contributed by atoms with Crippen LogP contribution in [0.3, 0.4) is 0 Å². The van der Waals surface area contributed by atoms with E-state index in [2.05, 4.69) is 20.8 Å². The van der Waals surface area contributed by atoms with Gasteiger partial charge in [0.05, 0.1) is 6.54 Å². The normalized spacial score (nSPS) is 15.9. The molecule has 1 aliphatic rings. The van der Waals surface area contributed by atoms with E-state index in [1.807, 2.05) is 31.3 Å². The molecule has 0 heterocycles. The number of carbonyl (C=O) groups excluding carboxylic acids is 1. The summed E-state index contributed by atoms with van der Waals surface area (Å²) in [6, 6.07) is 7.59. The van der Waals surface area contributed by atoms with Crippen molar-refractivity contribution in [2.45, 2.75) is 19.3 Å². The number of rotatable bonds is 5. The molecule has 1 aliphatic carbocycles. The Morgan fingerprint density at radius 2 is 2.00 bits per heavy atom. The van der Waals surface area contributed by atoms with Crippen molar-refractivity contribution in [1.29, 1.82) is 0 Å². The number of benzene rings is 1. The summed E-state index contributed by atoms with van der Waals surface area (Å²) >= 11 is 3.37. The molecule has 0 N–H and O–H groups in total. The molecule has 17 heavy (non-hydrogen) atoms. The molecule has 92 valence electrons. The molecule has 1 aromatic carbocycles. The van der Waals surface area contributed by atoms with Crippen LogP contribution in [0.5, 0.6) is 0 Å². The minimum atomic E-state index is 0.208. The number of nitrogens with zero attached hydrogens (tertiary/aromatic N) is 1. The van der Waals surface area contributed by atoms with Gasteiger partial charge in [-0.3, -0.25) is 9.69 Å². The van der Waals surface area contributed by atoms with Gasteiger partial charge in [-0.15, -0.1) is 0 Å². The molecule has 0 amide bonds. The average Bonchev–Trinajstić information content (AvgIpc) is 2.24. The van der Waals surface area contributed by atoms with Crippen molar-refractivity contribution >= 4 is 21.7 Å². The van der Waals surface area contributed by atoms with E-state index in [4.69, 9.17) is 0 Å². The maximum absolute atomic E-state index is 12.0. The van der Waals surface area contributed by atoms with Gasteiger partial charge in [-0.05, 0) is 37.9 Å². The first kappa shape index (κ1) is 12.8. The van der Waals surface area contributed by atoms with Crippen LogP contribution >= 0.6 is 15.9 Å². The molecule has 2 nitrogen and oxygen atoms in total. The SMILES string of the molecule is CN(CC(=O)c1ccc(Br)cc1)CC1CCC1. The molecule has 3 heteroatoms.